The van der Waals surface area contributed by atoms with Crippen LogP contribution in [0.3, 0.4) is 0 Å². The summed E-state index contributed by atoms with van der Waals surface area (Å²) in [5.41, 5.74) is 0.716. The van der Waals surface area contributed by atoms with Gasteiger partial charge in [-0.25, -0.2) is 4.79 Å². The summed E-state index contributed by atoms with van der Waals surface area (Å²) in [6.45, 7) is 0.257. The van der Waals surface area contributed by atoms with Gasteiger partial charge in [0.25, 0.3) is 11.8 Å². The average molecular weight is 423 g/mol. The molecule has 1 saturated heterocycles. The van der Waals surface area contributed by atoms with Crippen molar-refractivity contribution in [2.24, 2.45) is 0 Å². The van der Waals surface area contributed by atoms with Gasteiger partial charge in [0.05, 0.1) is 11.1 Å². The molecule has 0 bridgehead atoms. The molecule has 1 atom stereocenters. The summed E-state index contributed by atoms with van der Waals surface area (Å²) < 4.78 is 26.0. The number of halogens is 2. The highest BCUT2D eigenvalue weighted by Gasteiger charge is 2.44. The van der Waals surface area contributed by atoms with Crippen LogP contribution in [0.25, 0.3) is 0 Å². The van der Waals surface area contributed by atoms with Gasteiger partial charge in [0.15, 0.2) is 0 Å². The quantitative estimate of drug-likeness (QED) is 0.425. The Morgan fingerprint density at radius 3 is 2.53 bits per heavy atom. The number of carboxylic acid groups (broad SMARTS) is 1. The zero-order valence-corrected chi connectivity index (χ0v) is 15.7. The predicted octanol–water partition coefficient (Wildman–Crippen LogP) is 1.39. The lowest BCUT2D eigenvalue weighted by atomic mass is 10.0. The molecule has 0 aliphatic carbocycles. The van der Waals surface area contributed by atoms with Crippen LogP contribution < -0.4 is 10.6 Å². The third-order valence-corrected chi connectivity index (χ3v) is 5.00. The maximum Gasteiger partial charge on any atom is 0.374 e. The normalized spacial score (nSPS) is 19.0. The van der Waals surface area contributed by atoms with Gasteiger partial charge < -0.3 is 10.4 Å². The van der Waals surface area contributed by atoms with E-state index in [4.69, 9.17) is 5.11 Å². The van der Waals surface area contributed by atoms with Crippen molar-refractivity contribution in [3.05, 3.63) is 29.3 Å². The van der Waals surface area contributed by atoms with Gasteiger partial charge in [-0.3, -0.25) is 29.4 Å². The number of carbonyl (C=O) groups is 5. The molecule has 1 aromatic rings. The van der Waals surface area contributed by atoms with E-state index in [1.165, 1.54) is 12.1 Å². The first-order chi connectivity index (χ1) is 14.1. The van der Waals surface area contributed by atoms with E-state index >= 15 is 0 Å². The van der Waals surface area contributed by atoms with E-state index in [0.29, 0.717) is 5.69 Å². The Hall–Kier alpha value is -3.37. The number of benzene rings is 1. The van der Waals surface area contributed by atoms with E-state index < -0.39 is 48.0 Å². The highest BCUT2D eigenvalue weighted by molar-refractivity contribution is 6.23. The molecule has 0 radical (unpaired) electrons. The summed E-state index contributed by atoms with van der Waals surface area (Å²) in [7, 11) is 0. The van der Waals surface area contributed by atoms with E-state index in [-0.39, 0.29) is 43.4 Å². The number of alkyl halides is 2. The number of piperidine rings is 1. The van der Waals surface area contributed by atoms with Gasteiger partial charge in [-0.1, -0.05) is 0 Å². The number of carbonyl (C=O) groups excluding carboxylic acids is 4. The first-order valence-corrected chi connectivity index (χ1v) is 9.32. The summed E-state index contributed by atoms with van der Waals surface area (Å²) in [5, 5.41) is 13.4. The van der Waals surface area contributed by atoms with E-state index in [1.54, 1.807) is 6.07 Å². The molecular weight excluding hydrogens is 404 g/mol. The molecule has 4 amide bonds. The van der Waals surface area contributed by atoms with Crippen molar-refractivity contribution in [1.82, 2.24) is 10.2 Å². The Kier molecular flexibility index (Phi) is 5.81. The number of amides is 4. The number of hydrogen-bond acceptors (Lipinski definition) is 6. The minimum Gasteiger partial charge on any atom is -0.477 e. The van der Waals surface area contributed by atoms with Crippen LogP contribution in [0.4, 0.5) is 14.5 Å². The van der Waals surface area contributed by atoms with E-state index in [2.05, 4.69) is 10.6 Å². The lowest BCUT2D eigenvalue weighted by molar-refractivity contribution is -0.165. The molecule has 2 heterocycles. The van der Waals surface area contributed by atoms with Crippen molar-refractivity contribution in [2.75, 3.05) is 11.9 Å². The third kappa shape index (κ3) is 4.14. The molecule has 30 heavy (non-hydrogen) atoms. The van der Waals surface area contributed by atoms with Crippen molar-refractivity contribution < 1.29 is 37.9 Å². The molecule has 3 rings (SSSR count). The first kappa shape index (κ1) is 21.3. The van der Waals surface area contributed by atoms with Crippen molar-refractivity contribution in [3.63, 3.8) is 0 Å². The molecule has 1 unspecified atom stereocenters. The molecule has 160 valence electrons. The summed E-state index contributed by atoms with van der Waals surface area (Å²) in [4.78, 5) is 59.9. The maximum atomic E-state index is 13.0. The van der Waals surface area contributed by atoms with Gasteiger partial charge in [0.2, 0.25) is 11.8 Å². The number of carboxylic acids is 1. The molecular formula is C19H19F2N3O6. The number of unbranched alkanes of at least 4 members (excludes halogenated alkanes) is 1. The molecule has 0 aromatic heterocycles. The third-order valence-electron chi connectivity index (χ3n) is 5.00. The fourth-order valence-electron chi connectivity index (χ4n) is 3.39. The molecule has 3 N–H and O–H groups in total. The Bertz CT molecular complexity index is 933. The van der Waals surface area contributed by atoms with Crippen LogP contribution in [0.5, 0.6) is 0 Å². The summed E-state index contributed by atoms with van der Waals surface area (Å²) in [5.74, 6) is -8.34. The number of fused-ring (bicyclic) bond motifs is 1. The Morgan fingerprint density at radius 1 is 1.17 bits per heavy atom. The minimum absolute atomic E-state index is 0.0159. The van der Waals surface area contributed by atoms with Crippen molar-refractivity contribution >= 4 is 35.3 Å². The zero-order chi connectivity index (χ0) is 22.1. The zero-order valence-electron chi connectivity index (χ0n) is 15.7. The van der Waals surface area contributed by atoms with Gasteiger partial charge in [-0.05, 0) is 37.5 Å². The van der Waals surface area contributed by atoms with Crippen LogP contribution >= 0.6 is 0 Å². The number of hydrogen-bond donors (Lipinski definition) is 3. The topological polar surface area (TPSA) is 133 Å². The smallest absolute Gasteiger partial charge is 0.374 e. The standard InChI is InChI=1S/C19H19F2N3O6/c20-19(21,18(29)30)7-1-2-8-22-10-3-4-11-12(9-10)17(28)24(16(11)27)13-5-6-14(25)23-15(13)26/h3-4,9,13,22H,1-2,5-8H2,(H,29,30)(H,23,25,26). The van der Waals surface area contributed by atoms with Crippen LogP contribution in [0.15, 0.2) is 18.2 Å². The molecule has 0 saturated carbocycles. The fraction of sp³-hybridized carbons (Fsp3) is 0.421. The molecule has 1 aromatic carbocycles. The van der Waals surface area contributed by atoms with Gasteiger partial charge in [0.1, 0.15) is 6.04 Å². The molecule has 11 heteroatoms. The molecule has 2 aliphatic heterocycles. The van der Waals surface area contributed by atoms with Crippen LogP contribution in [0.2, 0.25) is 0 Å². The van der Waals surface area contributed by atoms with Gasteiger partial charge in [0, 0.05) is 25.1 Å². The SMILES string of the molecule is O=C1CCC(N2C(=O)c3ccc(NCCCCC(F)(F)C(=O)O)cc3C2=O)C(=O)N1. The highest BCUT2D eigenvalue weighted by atomic mass is 19.3. The molecule has 2 aliphatic rings. The lowest BCUT2D eigenvalue weighted by Crippen LogP contribution is -2.54. The number of nitrogens with zero attached hydrogens (tertiary/aromatic N) is 1. The van der Waals surface area contributed by atoms with Gasteiger partial charge in [-0.15, -0.1) is 0 Å². The largest absolute Gasteiger partial charge is 0.477 e. The van der Waals surface area contributed by atoms with Crippen molar-refractivity contribution in [2.45, 2.75) is 44.1 Å². The molecule has 1 fully saturated rings. The van der Waals surface area contributed by atoms with Gasteiger partial charge in [-0.2, -0.15) is 8.78 Å². The monoisotopic (exact) mass is 423 g/mol. The van der Waals surface area contributed by atoms with E-state index in [1.807, 2.05) is 0 Å². The van der Waals surface area contributed by atoms with E-state index in [9.17, 15) is 32.8 Å². The van der Waals surface area contributed by atoms with Crippen LogP contribution in [-0.2, 0) is 14.4 Å². The van der Waals surface area contributed by atoms with Gasteiger partial charge >= 0.3 is 11.9 Å². The summed E-state index contributed by atoms with van der Waals surface area (Å²) in [6, 6.07) is 3.36. The second kappa shape index (κ2) is 8.17. The summed E-state index contributed by atoms with van der Waals surface area (Å²) >= 11 is 0. The molecule has 0 spiro atoms. The van der Waals surface area contributed by atoms with Crippen molar-refractivity contribution in [3.8, 4) is 0 Å². The number of rotatable bonds is 8. The predicted molar refractivity (Wildman–Crippen MR) is 98.0 cm³/mol. The Labute approximate surface area is 169 Å². The van der Waals surface area contributed by atoms with E-state index in [0.717, 1.165) is 4.90 Å². The second-order valence-corrected chi connectivity index (χ2v) is 7.10. The first-order valence-electron chi connectivity index (χ1n) is 9.32. The Balaban J connectivity index is 1.61. The number of aliphatic carboxylic acids is 1. The van der Waals surface area contributed by atoms with Crippen molar-refractivity contribution in [1.29, 1.82) is 0 Å². The number of nitrogens with one attached hydrogen (secondary N) is 2. The van der Waals surface area contributed by atoms with Crippen LogP contribution in [0.1, 0.15) is 52.8 Å². The fourth-order valence-corrected chi connectivity index (χ4v) is 3.39. The minimum atomic E-state index is -3.76. The molecule has 9 nitrogen and oxygen atoms in total. The van der Waals surface area contributed by atoms with Crippen LogP contribution in [-0.4, -0.2) is 58.1 Å². The number of imide groups is 2. The second-order valence-electron chi connectivity index (χ2n) is 7.10. The van der Waals surface area contributed by atoms with Crippen LogP contribution in [0, 0.1) is 0 Å². The highest BCUT2D eigenvalue weighted by Crippen LogP contribution is 2.29. The summed E-state index contributed by atoms with van der Waals surface area (Å²) in [6.07, 6.45) is -0.435. The lowest BCUT2D eigenvalue weighted by Gasteiger charge is -2.27. The Morgan fingerprint density at radius 2 is 1.87 bits per heavy atom. The maximum absolute atomic E-state index is 13.0. The number of anilines is 1. The average Bonchev–Trinajstić information content (AvgIpc) is 2.92.